The van der Waals surface area contributed by atoms with Gasteiger partial charge in [0.2, 0.25) is 0 Å². The number of rotatable bonds is 2. The average Bonchev–Trinajstić information content (AvgIpc) is 2.41. The molecule has 100 valence electrons. The number of halogens is 3. The van der Waals surface area contributed by atoms with Gasteiger partial charge in [-0.1, -0.05) is 17.7 Å². The van der Waals surface area contributed by atoms with Crippen LogP contribution in [0, 0.1) is 17.1 Å². The van der Waals surface area contributed by atoms with Gasteiger partial charge in [-0.15, -0.1) is 0 Å². The van der Waals surface area contributed by atoms with E-state index in [0.29, 0.717) is 10.0 Å². The fraction of sp³-hybridized carbons (Fsp3) is 0. The molecule has 0 aliphatic carbocycles. The van der Waals surface area contributed by atoms with Crippen molar-refractivity contribution in [3.63, 3.8) is 0 Å². The Balaban J connectivity index is 2.36. The van der Waals surface area contributed by atoms with E-state index in [0.717, 1.165) is 0 Å². The molecule has 0 aliphatic rings. The number of hydrogen-bond donors (Lipinski definition) is 1. The van der Waals surface area contributed by atoms with Crippen LogP contribution in [0.4, 0.5) is 10.1 Å². The summed E-state index contributed by atoms with van der Waals surface area (Å²) >= 11 is 9.06. The molecule has 2 aromatic rings. The molecule has 0 aromatic heterocycles. The van der Waals surface area contributed by atoms with E-state index in [2.05, 4.69) is 21.2 Å². The van der Waals surface area contributed by atoms with Crippen LogP contribution in [0.15, 0.2) is 40.9 Å². The van der Waals surface area contributed by atoms with Crippen molar-refractivity contribution in [2.24, 2.45) is 0 Å². The molecule has 0 spiro atoms. The summed E-state index contributed by atoms with van der Waals surface area (Å²) in [4.78, 5) is 12.1. The van der Waals surface area contributed by atoms with Crippen molar-refractivity contribution in [2.45, 2.75) is 0 Å². The van der Waals surface area contributed by atoms with Crippen molar-refractivity contribution >= 4 is 39.1 Å². The second kappa shape index (κ2) is 6.04. The fourth-order valence-electron chi connectivity index (χ4n) is 1.59. The molecule has 0 atom stereocenters. The molecule has 0 radical (unpaired) electrons. The number of amides is 1. The Morgan fingerprint density at radius 2 is 2.10 bits per heavy atom. The monoisotopic (exact) mass is 352 g/mol. The molecule has 0 saturated carbocycles. The van der Waals surface area contributed by atoms with E-state index in [9.17, 15) is 9.18 Å². The van der Waals surface area contributed by atoms with Crippen molar-refractivity contribution in [1.82, 2.24) is 0 Å². The third-order valence-corrected chi connectivity index (χ3v) is 3.52. The molecule has 0 fully saturated rings. The molecule has 3 nitrogen and oxygen atoms in total. The molecular weight excluding hydrogens is 347 g/mol. The third kappa shape index (κ3) is 2.98. The maximum Gasteiger partial charge on any atom is 0.259 e. The van der Waals surface area contributed by atoms with Crippen LogP contribution in [0.3, 0.4) is 0 Å². The number of carbonyl (C=O) groups is 1. The summed E-state index contributed by atoms with van der Waals surface area (Å²) in [5.74, 6) is -1.29. The minimum Gasteiger partial charge on any atom is -0.320 e. The number of carbonyl (C=O) groups excluding carboxylic acids is 1. The molecule has 2 rings (SSSR count). The molecule has 0 saturated heterocycles. The number of nitriles is 1. The quantitative estimate of drug-likeness (QED) is 0.872. The third-order valence-electron chi connectivity index (χ3n) is 2.53. The molecule has 2 aromatic carbocycles. The van der Waals surface area contributed by atoms with Crippen LogP contribution in [0.1, 0.15) is 15.9 Å². The van der Waals surface area contributed by atoms with E-state index in [-0.39, 0.29) is 16.3 Å². The zero-order chi connectivity index (χ0) is 14.7. The fourth-order valence-corrected chi connectivity index (χ4v) is 2.28. The lowest BCUT2D eigenvalue weighted by molar-refractivity contribution is 0.102. The maximum absolute atomic E-state index is 13.7. The van der Waals surface area contributed by atoms with E-state index in [4.69, 9.17) is 16.9 Å². The highest BCUT2D eigenvalue weighted by Crippen LogP contribution is 2.25. The predicted octanol–water partition coefficient (Wildman–Crippen LogP) is 4.37. The van der Waals surface area contributed by atoms with E-state index < -0.39 is 11.7 Å². The summed E-state index contributed by atoms with van der Waals surface area (Å²) in [6, 6.07) is 10.6. The zero-order valence-corrected chi connectivity index (χ0v) is 12.3. The van der Waals surface area contributed by atoms with E-state index in [1.54, 1.807) is 6.07 Å². The SMILES string of the molecule is N#Cc1ccc(Cl)c(NC(=O)c2c(F)cccc2Br)c1. The van der Waals surface area contributed by atoms with Crippen LogP contribution in [0.2, 0.25) is 5.02 Å². The molecule has 20 heavy (non-hydrogen) atoms. The van der Waals surface area contributed by atoms with Crippen molar-refractivity contribution in [2.75, 3.05) is 5.32 Å². The molecule has 1 amide bonds. The van der Waals surface area contributed by atoms with Gasteiger partial charge in [0.05, 0.1) is 27.9 Å². The van der Waals surface area contributed by atoms with Crippen molar-refractivity contribution < 1.29 is 9.18 Å². The Bertz CT molecular complexity index is 707. The van der Waals surface area contributed by atoms with E-state index in [1.807, 2.05) is 6.07 Å². The normalized spacial score (nSPS) is 9.90. The number of nitrogens with one attached hydrogen (secondary N) is 1. The minimum absolute atomic E-state index is 0.120. The van der Waals surface area contributed by atoms with Crippen LogP contribution in [-0.2, 0) is 0 Å². The van der Waals surface area contributed by atoms with Crippen molar-refractivity contribution in [3.8, 4) is 6.07 Å². The first-order chi connectivity index (χ1) is 9.52. The number of nitrogens with zero attached hydrogens (tertiary/aromatic N) is 1. The highest BCUT2D eigenvalue weighted by atomic mass is 79.9. The number of hydrogen-bond acceptors (Lipinski definition) is 2. The van der Waals surface area contributed by atoms with Gasteiger partial charge in [0.25, 0.3) is 5.91 Å². The van der Waals surface area contributed by atoms with Crippen LogP contribution in [0.5, 0.6) is 0 Å². The standard InChI is InChI=1S/C14H7BrClFN2O/c15-9-2-1-3-11(17)13(9)14(20)19-12-6-8(7-18)4-5-10(12)16/h1-6H,(H,19,20). The summed E-state index contributed by atoms with van der Waals surface area (Å²) in [6.07, 6.45) is 0. The Labute approximate surface area is 128 Å². The molecule has 6 heteroatoms. The molecule has 0 bridgehead atoms. The van der Waals surface area contributed by atoms with Gasteiger partial charge in [-0.05, 0) is 46.3 Å². The first-order valence-electron chi connectivity index (χ1n) is 5.48. The van der Waals surface area contributed by atoms with Gasteiger partial charge in [0.15, 0.2) is 0 Å². The lowest BCUT2D eigenvalue weighted by atomic mass is 10.1. The van der Waals surface area contributed by atoms with E-state index in [1.165, 1.54) is 30.3 Å². The van der Waals surface area contributed by atoms with Gasteiger partial charge in [-0.25, -0.2) is 4.39 Å². The molecule has 0 heterocycles. The Morgan fingerprint density at radius 1 is 1.35 bits per heavy atom. The lowest BCUT2D eigenvalue weighted by Gasteiger charge is -2.09. The first kappa shape index (κ1) is 14.5. The second-order valence-electron chi connectivity index (χ2n) is 3.86. The van der Waals surface area contributed by atoms with Crippen LogP contribution >= 0.6 is 27.5 Å². The molecule has 1 N–H and O–H groups in total. The smallest absolute Gasteiger partial charge is 0.259 e. The zero-order valence-electron chi connectivity index (χ0n) is 9.95. The largest absolute Gasteiger partial charge is 0.320 e. The number of benzene rings is 2. The molecular formula is C14H7BrClFN2O. The summed E-state index contributed by atoms with van der Waals surface area (Å²) in [5.41, 5.74) is 0.481. The highest BCUT2D eigenvalue weighted by molar-refractivity contribution is 9.10. The van der Waals surface area contributed by atoms with Gasteiger partial charge in [-0.2, -0.15) is 5.26 Å². The Morgan fingerprint density at radius 3 is 2.75 bits per heavy atom. The molecule has 0 unspecified atom stereocenters. The first-order valence-corrected chi connectivity index (χ1v) is 6.65. The summed E-state index contributed by atoms with van der Waals surface area (Å²) < 4.78 is 14.0. The van der Waals surface area contributed by atoms with Gasteiger partial charge >= 0.3 is 0 Å². The van der Waals surface area contributed by atoms with Crippen LogP contribution in [0.25, 0.3) is 0 Å². The van der Waals surface area contributed by atoms with Crippen molar-refractivity contribution in [3.05, 3.63) is 62.8 Å². The Hall–Kier alpha value is -1.90. The Kier molecular flexibility index (Phi) is 4.38. The maximum atomic E-state index is 13.7. The predicted molar refractivity (Wildman–Crippen MR) is 78.2 cm³/mol. The number of anilines is 1. The van der Waals surface area contributed by atoms with Gasteiger partial charge in [0, 0.05) is 4.47 Å². The van der Waals surface area contributed by atoms with Crippen molar-refractivity contribution in [1.29, 1.82) is 5.26 Å². The summed E-state index contributed by atoms with van der Waals surface area (Å²) in [7, 11) is 0. The van der Waals surface area contributed by atoms with Gasteiger partial charge < -0.3 is 5.32 Å². The van der Waals surface area contributed by atoms with Crippen LogP contribution < -0.4 is 5.32 Å². The van der Waals surface area contributed by atoms with E-state index >= 15 is 0 Å². The van der Waals surface area contributed by atoms with Crippen LogP contribution in [-0.4, -0.2) is 5.91 Å². The highest BCUT2D eigenvalue weighted by Gasteiger charge is 2.16. The molecule has 0 aliphatic heterocycles. The average molecular weight is 354 g/mol. The summed E-state index contributed by atoms with van der Waals surface area (Å²) in [6.45, 7) is 0. The topological polar surface area (TPSA) is 52.9 Å². The minimum atomic E-state index is -0.649. The van der Waals surface area contributed by atoms with Gasteiger partial charge in [-0.3, -0.25) is 4.79 Å². The van der Waals surface area contributed by atoms with Gasteiger partial charge in [0.1, 0.15) is 5.82 Å². The lowest BCUT2D eigenvalue weighted by Crippen LogP contribution is -2.15. The summed E-state index contributed by atoms with van der Waals surface area (Å²) in [5, 5.41) is 11.6. The second-order valence-corrected chi connectivity index (χ2v) is 5.12.